The van der Waals surface area contributed by atoms with E-state index in [9.17, 15) is 0 Å². The van der Waals surface area contributed by atoms with E-state index in [4.69, 9.17) is 4.42 Å². The normalized spacial score (nSPS) is 15.1. The van der Waals surface area contributed by atoms with E-state index in [-0.39, 0.29) is 0 Å². The van der Waals surface area contributed by atoms with Crippen molar-refractivity contribution in [2.24, 2.45) is 0 Å². The maximum absolute atomic E-state index is 7.11. The smallest absolute Gasteiger partial charge is 0.142 e. The number of nitrogens with zero attached hydrogens (tertiary/aromatic N) is 1. The van der Waals surface area contributed by atoms with Gasteiger partial charge in [-0.1, -0.05) is 164 Å². The lowest BCUT2D eigenvalue weighted by atomic mass is 9.64. The Morgan fingerprint density at radius 1 is 0.328 bits per heavy atom. The fourth-order valence-electron chi connectivity index (χ4n) is 11.9. The molecule has 0 fully saturated rings. The van der Waals surface area contributed by atoms with Crippen molar-refractivity contribution >= 4 is 39.0 Å². The largest absolute Gasteiger partial charge is 0.456 e. The van der Waals surface area contributed by atoms with E-state index in [0.717, 1.165) is 33.3 Å². The molecule has 10 aromatic rings. The maximum atomic E-state index is 7.11. The van der Waals surface area contributed by atoms with Gasteiger partial charge in [-0.2, -0.15) is 0 Å². The highest BCUT2D eigenvalue weighted by Gasteiger charge is 2.55. The number of anilines is 3. The first-order valence-corrected chi connectivity index (χ1v) is 20.3. The minimum absolute atomic E-state index is 0.444. The number of rotatable bonds is 1. The van der Waals surface area contributed by atoms with Crippen LogP contribution in [-0.2, 0) is 10.8 Å². The summed E-state index contributed by atoms with van der Waals surface area (Å²) >= 11 is 0. The van der Waals surface area contributed by atoms with Gasteiger partial charge in [0, 0.05) is 22.0 Å². The Kier molecular flexibility index (Phi) is 5.67. The van der Waals surface area contributed by atoms with Crippen LogP contribution in [0.25, 0.3) is 55.3 Å². The topological polar surface area (TPSA) is 16.4 Å². The van der Waals surface area contributed by atoms with Crippen molar-refractivity contribution in [3.8, 4) is 33.4 Å². The van der Waals surface area contributed by atoms with Crippen LogP contribution in [0.15, 0.2) is 205 Å². The summed E-state index contributed by atoms with van der Waals surface area (Å²) in [5.41, 5.74) is 22.4. The Labute approximate surface area is 335 Å². The molecule has 1 aliphatic heterocycles. The molecule has 9 aromatic carbocycles. The Morgan fingerprint density at radius 3 is 1.38 bits per heavy atom. The van der Waals surface area contributed by atoms with E-state index in [1.165, 1.54) is 83.6 Å². The van der Waals surface area contributed by atoms with Gasteiger partial charge in [0.25, 0.3) is 0 Å². The first kappa shape index (κ1) is 30.8. The Hall–Kier alpha value is -7.42. The highest BCUT2D eigenvalue weighted by molar-refractivity contribution is 6.11. The van der Waals surface area contributed by atoms with Gasteiger partial charge in [-0.25, -0.2) is 0 Å². The Morgan fingerprint density at radius 2 is 0.793 bits per heavy atom. The second-order valence-corrected chi connectivity index (χ2v) is 16.2. The standard InChI is InChI=1S/C56H33NO/c1-7-21-43-35(15-1)36-16-2-8-22-44(36)55(43)45-23-9-3-19-39(45)40-30-29-34(33-49(40)55)57-50-27-13-12-26-48(50)56(46-24-10-4-17-37(46)38-18-5-11-25-47(38)56)53-51(57)32-31-42-41-20-6-14-28-52(41)58-54(42)53/h1-33H. The number of furan rings is 1. The van der Waals surface area contributed by atoms with Crippen molar-refractivity contribution in [2.45, 2.75) is 10.8 Å². The van der Waals surface area contributed by atoms with Crippen LogP contribution in [0.4, 0.5) is 17.1 Å². The molecule has 0 saturated heterocycles. The van der Waals surface area contributed by atoms with Crippen molar-refractivity contribution in [3.05, 3.63) is 245 Å². The molecule has 3 aliphatic carbocycles. The minimum Gasteiger partial charge on any atom is -0.456 e. The van der Waals surface area contributed by atoms with Crippen LogP contribution in [0.2, 0.25) is 0 Å². The van der Waals surface area contributed by atoms with Crippen LogP contribution in [0.3, 0.4) is 0 Å². The predicted octanol–water partition coefficient (Wildman–Crippen LogP) is 14.1. The summed E-state index contributed by atoms with van der Waals surface area (Å²) in [6, 6.07) is 74.7. The van der Waals surface area contributed by atoms with Gasteiger partial charge in [0.2, 0.25) is 0 Å². The first-order valence-electron chi connectivity index (χ1n) is 20.3. The number of fused-ring (bicyclic) bond motifs is 23. The zero-order chi connectivity index (χ0) is 37.7. The second kappa shape index (κ2) is 10.7. The highest BCUT2D eigenvalue weighted by Crippen LogP contribution is 2.67. The summed E-state index contributed by atoms with van der Waals surface area (Å²) in [5.74, 6) is 0. The van der Waals surface area contributed by atoms with Crippen molar-refractivity contribution < 1.29 is 4.42 Å². The molecule has 58 heavy (non-hydrogen) atoms. The molecule has 0 atom stereocenters. The van der Waals surface area contributed by atoms with Crippen LogP contribution in [0.1, 0.15) is 44.5 Å². The molecule has 0 bridgehead atoms. The van der Waals surface area contributed by atoms with Gasteiger partial charge < -0.3 is 9.32 Å². The Balaban J connectivity index is 1.12. The van der Waals surface area contributed by atoms with E-state index >= 15 is 0 Å². The molecule has 4 aliphatic rings. The van der Waals surface area contributed by atoms with E-state index in [0.29, 0.717) is 0 Å². The molecule has 1 aromatic heterocycles. The van der Waals surface area contributed by atoms with E-state index in [1.807, 2.05) is 0 Å². The molecule has 0 N–H and O–H groups in total. The SMILES string of the molecule is c1ccc2c(c1)-c1ccccc1C21c2ccccc2-c2ccc(N3c4ccccc4C4(c5ccccc5-c5ccccc54)c4c3ccc3c4oc4ccccc43)cc21. The summed E-state index contributed by atoms with van der Waals surface area (Å²) < 4.78 is 7.11. The van der Waals surface area contributed by atoms with Gasteiger partial charge in [-0.15, -0.1) is 0 Å². The van der Waals surface area contributed by atoms with Gasteiger partial charge in [0.05, 0.1) is 22.2 Å². The number of para-hydroxylation sites is 2. The molecule has 2 heterocycles. The zero-order valence-electron chi connectivity index (χ0n) is 31.4. The lowest BCUT2D eigenvalue weighted by Crippen LogP contribution is -2.36. The Bertz CT molecular complexity index is 3330. The highest BCUT2D eigenvalue weighted by atomic mass is 16.3. The fourth-order valence-corrected chi connectivity index (χ4v) is 11.9. The third-order valence-electron chi connectivity index (χ3n) is 13.9. The fraction of sp³-hybridized carbons (Fsp3) is 0.0357. The van der Waals surface area contributed by atoms with Gasteiger partial charge in [0.15, 0.2) is 0 Å². The summed E-state index contributed by atoms with van der Waals surface area (Å²) in [7, 11) is 0. The first-order chi connectivity index (χ1) is 28.8. The maximum Gasteiger partial charge on any atom is 0.142 e. The van der Waals surface area contributed by atoms with Gasteiger partial charge in [-0.05, 0) is 109 Å². The van der Waals surface area contributed by atoms with Gasteiger partial charge in [0.1, 0.15) is 11.2 Å². The lowest BCUT2D eigenvalue weighted by molar-refractivity contribution is 0.646. The van der Waals surface area contributed by atoms with Gasteiger partial charge >= 0.3 is 0 Å². The van der Waals surface area contributed by atoms with Crippen LogP contribution in [-0.4, -0.2) is 0 Å². The second-order valence-electron chi connectivity index (χ2n) is 16.2. The van der Waals surface area contributed by atoms with Crippen molar-refractivity contribution in [1.29, 1.82) is 0 Å². The number of benzene rings is 9. The molecule has 268 valence electrons. The van der Waals surface area contributed by atoms with Crippen LogP contribution in [0, 0.1) is 0 Å². The quantitative estimate of drug-likeness (QED) is 0.167. The molecular weight excluding hydrogens is 703 g/mol. The molecule has 0 saturated carbocycles. The van der Waals surface area contributed by atoms with Crippen LogP contribution >= 0.6 is 0 Å². The molecule has 0 unspecified atom stereocenters. The molecule has 2 spiro atoms. The van der Waals surface area contributed by atoms with Gasteiger partial charge in [-0.3, -0.25) is 0 Å². The average Bonchev–Trinajstić information content (AvgIpc) is 4.00. The van der Waals surface area contributed by atoms with E-state index in [1.54, 1.807) is 0 Å². The molecule has 2 heteroatoms. The zero-order valence-corrected chi connectivity index (χ0v) is 31.4. The third-order valence-corrected chi connectivity index (χ3v) is 13.9. The van der Waals surface area contributed by atoms with E-state index in [2.05, 4.69) is 205 Å². The van der Waals surface area contributed by atoms with Crippen LogP contribution < -0.4 is 4.90 Å². The summed E-state index contributed by atoms with van der Waals surface area (Å²) in [5, 5.41) is 2.27. The molecular formula is C56H33NO. The molecule has 14 rings (SSSR count). The van der Waals surface area contributed by atoms with Crippen LogP contribution in [0.5, 0.6) is 0 Å². The number of hydrogen-bond acceptors (Lipinski definition) is 2. The predicted molar refractivity (Wildman–Crippen MR) is 236 cm³/mol. The monoisotopic (exact) mass is 735 g/mol. The number of hydrogen-bond donors (Lipinski definition) is 0. The molecule has 0 radical (unpaired) electrons. The summed E-state index contributed by atoms with van der Waals surface area (Å²) in [4.78, 5) is 2.52. The average molecular weight is 736 g/mol. The lowest BCUT2D eigenvalue weighted by Gasteiger charge is -2.45. The molecule has 0 amide bonds. The minimum atomic E-state index is -0.611. The molecule has 2 nitrogen and oxygen atoms in total. The van der Waals surface area contributed by atoms with Crippen molar-refractivity contribution in [3.63, 3.8) is 0 Å². The summed E-state index contributed by atoms with van der Waals surface area (Å²) in [6.45, 7) is 0. The van der Waals surface area contributed by atoms with Crippen molar-refractivity contribution in [1.82, 2.24) is 0 Å². The van der Waals surface area contributed by atoms with Crippen molar-refractivity contribution in [2.75, 3.05) is 4.90 Å². The third kappa shape index (κ3) is 3.41. The summed E-state index contributed by atoms with van der Waals surface area (Å²) in [6.07, 6.45) is 0. The van der Waals surface area contributed by atoms with E-state index < -0.39 is 10.8 Å².